The van der Waals surface area contributed by atoms with Gasteiger partial charge in [-0.2, -0.15) is 4.98 Å². The minimum Gasteiger partial charge on any atom is -0.329 e. The number of hydrogen-bond donors (Lipinski definition) is 2. The van der Waals surface area contributed by atoms with Gasteiger partial charge in [0.05, 0.1) is 0 Å². The molecule has 1 aliphatic rings. The van der Waals surface area contributed by atoms with Crippen LogP contribution in [0.2, 0.25) is 5.02 Å². The van der Waals surface area contributed by atoms with E-state index in [2.05, 4.69) is 20.7 Å². The number of carbonyl (C=O) groups excluding carboxylic acids is 1. The molecule has 2 heterocycles. The van der Waals surface area contributed by atoms with Gasteiger partial charge in [-0.15, -0.1) is 5.10 Å². The van der Waals surface area contributed by atoms with Crippen molar-refractivity contribution in [2.75, 3.05) is 10.6 Å². The third-order valence-electron chi connectivity index (χ3n) is 4.28. The van der Waals surface area contributed by atoms with Gasteiger partial charge in [-0.3, -0.25) is 10.1 Å². The summed E-state index contributed by atoms with van der Waals surface area (Å²) >= 11 is 6.00. The average Bonchev–Trinajstić information content (AvgIpc) is 3.09. The lowest BCUT2D eigenvalue weighted by atomic mass is 10.1. The highest BCUT2D eigenvalue weighted by molar-refractivity contribution is 6.30. The van der Waals surface area contributed by atoms with Gasteiger partial charge < -0.3 is 5.32 Å². The maximum absolute atomic E-state index is 12.2. The Bertz CT molecular complexity index is 1050. The maximum atomic E-state index is 12.2. The highest BCUT2D eigenvalue weighted by atomic mass is 35.5. The second kappa shape index (κ2) is 7.70. The van der Waals surface area contributed by atoms with Gasteiger partial charge in [0.15, 0.2) is 0 Å². The molecule has 2 N–H and O–H groups in total. The van der Waals surface area contributed by atoms with E-state index in [0.717, 1.165) is 16.8 Å². The Kier molecular flexibility index (Phi) is 4.95. The first kappa shape index (κ1) is 18.0. The number of halogens is 1. The maximum Gasteiger partial charge on any atom is 0.250 e. The molecule has 0 aliphatic carbocycles. The topological polar surface area (TPSA) is 71.8 Å². The smallest absolute Gasteiger partial charge is 0.250 e. The van der Waals surface area contributed by atoms with Gasteiger partial charge in [-0.25, -0.2) is 4.68 Å². The van der Waals surface area contributed by atoms with E-state index in [1.165, 1.54) is 6.08 Å². The van der Waals surface area contributed by atoms with Crippen LogP contribution in [-0.2, 0) is 4.79 Å². The summed E-state index contributed by atoms with van der Waals surface area (Å²) in [5.74, 6) is 0.522. The van der Waals surface area contributed by atoms with Crippen molar-refractivity contribution in [2.45, 2.75) is 13.0 Å². The molecule has 28 heavy (non-hydrogen) atoms. The highest BCUT2D eigenvalue weighted by Gasteiger charge is 2.23. The van der Waals surface area contributed by atoms with Crippen molar-refractivity contribution >= 4 is 35.5 Å². The van der Waals surface area contributed by atoms with Crippen molar-refractivity contribution in [2.24, 2.45) is 0 Å². The van der Waals surface area contributed by atoms with E-state index in [9.17, 15) is 4.79 Å². The predicted octanol–water partition coefficient (Wildman–Crippen LogP) is 4.50. The summed E-state index contributed by atoms with van der Waals surface area (Å²) in [6.07, 6.45) is 5.25. The molecule has 0 bridgehead atoms. The fourth-order valence-electron chi connectivity index (χ4n) is 2.97. The molecule has 6 nitrogen and oxygen atoms in total. The van der Waals surface area contributed by atoms with Gasteiger partial charge in [0.25, 0.3) is 11.9 Å². The number of fused-ring (bicyclic) bond motifs is 1. The molecule has 1 unspecified atom stereocenters. The van der Waals surface area contributed by atoms with E-state index in [4.69, 9.17) is 11.6 Å². The van der Waals surface area contributed by atoms with Gasteiger partial charge in [-0.1, -0.05) is 54.1 Å². The van der Waals surface area contributed by atoms with Crippen molar-refractivity contribution < 1.29 is 4.79 Å². The number of allylic oxidation sites excluding steroid dienone is 2. The third kappa shape index (κ3) is 3.97. The van der Waals surface area contributed by atoms with E-state index in [1.807, 2.05) is 67.6 Å². The van der Waals surface area contributed by atoms with Crippen LogP contribution >= 0.6 is 11.6 Å². The molecule has 4 rings (SSSR count). The Morgan fingerprint density at radius 1 is 1.18 bits per heavy atom. The first-order chi connectivity index (χ1) is 13.6. The zero-order valence-electron chi connectivity index (χ0n) is 15.1. The summed E-state index contributed by atoms with van der Waals surface area (Å²) in [7, 11) is 0. The summed E-state index contributed by atoms with van der Waals surface area (Å²) in [5.41, 5.74) is 2.93. The van der Waals surface area contributed by atoms with E-state index in [0.29, 0.717) is 11.0 Å². The number of amides is 1. The first-order valence-corrected chi connectivity index (χ1v) is 9.18. The van der Waals surface area contributed by atoms with E-state index >= 15 is 0 Å². The number of nitrogens with zero attached hydrogens (tertiary/aromatic N) is 3. The van der Waals surface area contributed by atoms with Crippen LogP contribution in [0.3, 0.4) is 0 Å². The molecule has 2 aromatic carbocycles. The lowest BCUT2D eigenvalue weighted by Gasteiger charge is -2.22. The molecule has 140 valence electrons. The second-order valence-electron chi connectivity index (χ2n) is 6.41. The minimum atomic E-state index is -0.292. The molecule has 0 saturated carbocycles. The van der Waals surface area contributed by atoms with Crippen molar-refractivity contribution in [1.29, 1.82) is 0 Å². The van der Waals surface area contributed by atoms with Gasteiger partial charge in [-0.05, 0) is 42.3 Å². The summed E-state index contributed by atoms with van der Waals surface area (Å²) in [4.78, 5) is 16.6. The molecule has 1 atom stereocenters. The van der Waals surface area contributed by atoms with E-state index in [1.54, 1.807) is 10.8 Å². The van der Waals surface area contributed by atoms with Crippen LogP contribution in [0, 0.1) is 0 Å². The Hall–Kier alpha value is -3.38. The van der Waals surface area contributed by atoms with E-state index in [-0.39, 0.29) is 17.9 Å². The van der Waals surface area contributed by atoms with Gasteiger partial charge >= 0.3 is 0 Å². The molecule has 0 saturated heterocycles. The molecule has 0 radical (unpaired) electrons. The quantitative estimate of drug-likeness (QED) is 0.642. The molecular formula is C21H18ClN5O. The first-order valence-electron chi connectivity index (χ1n) is 8.80. The van der Waals surface area contributed by atoms with Crippen LogP contribution < -0.4 is 10.6 Å². The van der Waals surface area contributed by atoms with Crippen molar-refractivity contribution in [3.63, 3.8) is 0 Å². The van der Waals surface area contributed by atoms with E-state index < -0.39 is 0 Å². The van der Waals surface area contributed by atoms with Gasteiger partial charge in [0, 0.05) is 16.8 Å². The Labute approximate surface area is 167 Å². The standard InChI is InChI=1S/C21H18ClN5O/c1-14-13-18(16-8-10-17(22)11-9-16)27-21(23-14)25-20(26-27)24-19(28)12-7-15-5-3-2-4-6-15/h2-13,18H,1H3,(H2,23,24,25,26,28)/b12-7+. The summed E-state index contributed by atoms with van der Waals surface area (Å²) < 4.78 is 1.74. The minimum absolute atomic E-state index is 0.133. The zero-order chi connectivity index (χ0) is 19.5. The average molecular weight is 392 g/mol. The molecule has 0 fully saturated rings. The number of benzene rings is 2. The second-order valence-corrected chi connectivity index (χ2v) is 6.84. The third-order valence-corrected chi connectivity index (χ3v) is 4.54. The number of anilines is 2. The zero-order valence-corrected chi connectivity index (χ0v) is 15.9. The fraction of sp³-hybridized carbons (Fsp3) is 0.0952. The van der Waals surface area contributed by atoms with Crippen molar-refractivity contribution in [3.8, 4) is 0 Å². The van der Waals surface area contributed by atoms with Crippen LogP contribution in [0.5, 0.6) is 0 Å². The Morgan fingerprint density at radius 2 is 1.93 bits per heavy atom. The number of rotatable bonds is 4. The lowest BCUT2D eigenvalue weighted by molar-refractivity contribution is -0.111. The SMILES string of the molecule is CC1=CC(c2ccc(Cl)cc2)n2nc(NC(=O)/C=C/c3ccccc3)nc2N1. The largest absolute Gasteiger partial charge is 0.329 e. The molecule has 1 aromatic heterocycles. The van der Waals surface area contributed by atoms with Gasteiger partial charge in [0.2, 0.25) is 5.95 Å². The Morgan fingerprint density at radius 3 is 2.68 bits per heavy atom. The molecule has 0 spiro atoms. The summed E-state index contributed by atoms with van der Waals surface area (Å²) in [6, 6.07) is 17.1. The summed E-state index contributed by atoms with van der Waals surface area (Å²) in [5, 5.41) is 11.0. The van der Waals surface area contributed by atoms with Crippen LogP contribution in [0.25, 0.3) is 6.08 Å². The molecule has 1 aliphatic heterocycles. The highest BCUT2D eigenvalue weighted by Crippen LogP contribution is 2.30. The number of nitrogens with one attached hydrogen (secondary N) is 2. The van der Waals surface area contributed by atoms with Crippen LogP contribution in [0.15, 0.2) is 72.4 Å². The number of hydrogen-bond acceptors (Lipinski definition) is 4. The molecular weight excluding hydrogens is 374 g/mol. The van der Waals surface area contributed by atoms with Crippen molar-refractivity contribution in [3.05, 3.63) is 88.6 Å². The normalized spacial score (nSPS) is 15.6. The number of aromatic nitrogens is 3. The molecule has 1 amide bonds. The van der Waals surface area contributed by atoms with Crippen LogP contribution in [-0.4, -0.2) is 20.7 Å². The predicted molar refractivity (Wildman–Crippen MR) is 111 cm³/mol. The summed E-state index contributed by atoms with van der Waals surface area (Å²) in [6.45, 7) is 1.96. The number of carbonyl (C=O) groups is 1. The molecule has 3 aromatic rings. The van der Waals surface area contributed by atoms with Crippen LogP contribution in [0.4, 0.5) is 11.9 Å². The fourth-order valence-corrected chi connectivity index (χ4v) is 3.09. The van der Waals surface area contributed by atoms with Gasteiger partial charge in [0.1, 0.15) is 6.04 Å². The van der Waals surface area contributed by atoms with Crippen LogP contribution in [0.1, 0.15) is 24.1 Å². The molecule has 7 heteroatoms. The van der Waals surface area contributed by atoms with Crippen molar-refractivity contribution in [1.82, 2.24) is 14.8 Å². The Balaban J connectivity index is 1.54. The lowest BCUT2D eigenvalue weighted by Crippen LogP contribution is -2.19. The monoisotopic (exact) mass is 391 g/mol.